The number of hydrogen-bond donors (Lipinski definition) is 0. The molecule has 0 aromatic heterocycles. The van der Waals surface area contributed by atoms with Crippen LogP contribution in [-0.2, 0) is 9.84 Å². The summed E-state index contributed by atoms with van der Waals surface area (Å²) in [5.41, 5.74) is 0. The van der Waals surface area contributed by atoms with Gasteiger partial charge in [-0.3, -0.25) is 0 Å². The van der Waals surface area contributed by atoms with E-state index in [1.165, 1.54) is 32.4 Å². The zero-order valence-corrected chi connectivity index (χ0v) is 9.93. The van der Waals surface area contributed by atoms with Gasteiger partial charge in [0.1, 0.15) is 5.21 Å². The number of ether oxygens (including phenoxy) is 2. The second-order valence-electron chi connectivity index (χ2n) is 2.74. The number of benzene rings is 1. The number of alkyl halides is 1. The molecular formula is C9H11ClO4S. The first-order valence-corrected chi connectivity index (χ1v) is 6.24. The van der Waals surface area contributed by atoms with Crippen molar-refractivity contribution in [3.05, 3.63) is 18.2 Å². The van der Waals surface area contributed by atoms with E-state index in [1.54, 1.807) is 0 Å². The van der Waals surface area contributed by atoms with E-state index in [4.69, 9.17) is 21.1 Å². The van der Waals surface area contributed by atoms with Gasteiger partial charge in [0.2, 0.25) is 0 Å². The van der Waals surface area contributed by atoms with E-state index in [0.29, 0.717) is 11.5 Å². The average Bonchev–Trinajstić information content (AvgIpc) is 2.28. The fourth-order valence-electron chi connectivity index (χ4n) is 1.07. The monoisotopic (exact) mass is 250 g/mol. The van der Waals surface area contributed by atoms with E-state index in [2.05, 4.69) is 0 Å². The molecule has 84 valence electrons. The minimum absolute atomic E-state index is 0.121. The number of rotatable bonds is 4. The largest absolute Gasteiger partial charge is 0.493 e. The summed E-state index contributed by atoms with van der Waals surface area (Å²) in [6.45, 7) is 0. The SMILES string of the molecule is COc1ccc(S(=O)(=O)CCl)cc1OC. The second-order valence-corrected chi connectivity index (χ2v) is 5.31. The van der Waals surface area contributed by atoms with Crippen LogP contribution >= 0.6 is 11.6 Å². The van der Waals surface area contributed by atoms with Crippen molar-refractivity contribution in [3.63, 3.8) is 0 Å². The van der Waals surface area contributed by atoms with Crippen molar-refractivity contribution < 1.29 is 17.9 Å². The summed E-state index contributed by atoms with van der Waals surface area (Å²) in [4.78, 5) is 0.121. The van der Waals surface area contributed by atoms with Gasteiger partial charge in [-0.2, -0.15) is 0 Å². The first-order valence-electron chi connectivity index (χ1n) is 4.06. The molecule has 0 aliphatic heterocycles. The Morgan fingerprint density at radius 3 is 2.27 bits per heavy atom. The zero-order chi connectivity index (χ0) is 11.5. The average molecular weight is 251 g/mol. The molecule has 0 radical (unpaired) electrons. The van der Waals surface area contributed by atoms with Gasteiger partial charge in [-0.05, 0) is 12.1 Å². The first kappa shape index (κ1) is 12.1. The van der Waals surface area contributed by atoms with Crippen molar-refractivity contribution in [2.75, 3.05) is 19.4 Å². The van der Waals surface area contributed by atoms with Crippen LogP contribution in [0.2, 0.25) is 0 Å². The summed E-state index contributed by atoms with van der Waals surface area (Å²) in [6, 6.07) is 4.34. The molecule has 0 aliphatic carbocycles. The first-order chi connectivity index (χ1) is 7.05. The molecule has 4 nitrogen and oxygen atoms in total. The molecule has 0 aliphatic rings. The topological polar surface area (TPSA) is 52.6 Å². The van der Waals surface area contributed by atoms with Crippen molar-refractivity contribution in [1.82, 2.24) is 0 Å². The van der Waals surface area contributed by atoms with Crippen molar-refractivity contribution in [2.45, 2.75) is 4.90 Å². The third kappa shape index (κ3) is 2.54. The van der Waals surface area contributed by atoms with Gasteiger partial charge >= 0.3 is 0 Å². The molecule has 1 aromatic carbocycles. The van der Waals surface area contributed by atoms with E-state index in [0.717, 1.165) is 0 Å². The van der Waals surface area contributed by atoms with E-state index in [-0.39, 0.29) is 4.90 Å². The maximum atomic E-state index is 11.4. The van der Waals surface area contributed by atoms with Crippen molar-refractivity contribution in [2.24, 2.45) is 0 Å². The smallest absolute Gasteiger partial charge is 0.192 e. The van der Waals surface area contributed by atoms with Crippen LogP contribution in [0.4, 0.5) is 0 Å². The van der Waals surface area contributed by atoms with Crippen molar-refractivity contribution >= 4 is 21.4 Å². The molecule has 0 unspecified atom stereocenters. The third-order valence-electron chi connectivity index (χ3n) is 1.86. The lowest BCUT2D eigenvalue weighted by molar-refractivity contribution is 0.354. The standard InChI is InChI=1S/C9H11ClO4S/c1-13-8-4-3-7(5-9(8)14-2)15(11,12)6-10/h3-5H,6H2,1-2H3. The minimum Gasteiger partial charge on any atom is -0.493 e. The van der Waals surface area contributed by atoms with Crippen LogP contribution in [0, 0.1) is 0 Å². The summed E-state index contributed by atoms with van der Waals surface area (Å²) in [7, 11) is -0.507. The summed E-state index contributed by atoms with van der Waals surface area (Å²) >= 11 is 5.34. The van der Waals surface area contributed by atoms with Crippen LogP contribution in [0.25, 0.3) is 0 Å². The van der Waals surface area contributed by atoms with Gasteiger partial charge in [-0.1, -0.05) is 0 Å². The van der Waals surface area contributed by atoms with Gasteiger partial charge < -0.3 is 9.47 Å². The lowest BCUT2D eigenvalue weighted by Gasteiger charge is -2.08. The van der Waals surface area contributed by atoms with Gasteiger partial charge in [-0.25, -0.2) is 8.42 Å². The molecular weight excluding hydrogens is 240 g/mol. The Hall–Kier alpha value is -0.940. The fourth-order valence-corrected chi connectivity index (χ4v) is 2.14. The van der Waals surface area contributed by atoms with E-state index in [9.17, 15) is 8.42 Å². The van der Waals surface area contributed by atoms with Gasteiger partial charge in [0.25, 0.3) is 0 Å². The lowest BCUT2D eigenvalue weighted by Crippen LogP contribution is -2.02. The van der Waals surface area contributed by atoms with Crippen molar-refractivity contribution in [1.29, 1.82) is 0 Å². The Labute approximate surface area is 93.7 Å². The lowest BCUT2D eigenvalue weighted by atomic mass is 10.3. The van der Waals surface area contributed by atoms with Crippen LogP contribution in [0.1, 0.15) is 0 Å². The van der Waals surface area contributed by atoms with Gasteiger partial charge in [-0.15, -0.1) is 11.6 Å². The normalized spacial score (nSPS) is 11.1. The van der Waals surface area contributed by atoms with Crippen LogP contribution in [0.15, 0.2) is 23.1 Å². The highest BCUT2D eigenvalue weighted by molar-refractivity contribution is 7.92. The maximum Gasteiger partial charge on any atom is 0.192 e. The molecule has 0 bridgehead atoms. The Kier molecular flexibility index (Phi) is 3.82. The molecule has 0 spiro atoms. The molecule has 0 atom stereocenters. The predicted molar refractivity (Wildman–Crippen MR) is 57.5 cm³/mol. The number of sulfone groups is 1. The molecule has 0 N–H and O–H groups in total. The van der Waals surface area contributed by atoms with Gasteiger partial charge in [0.15, 0.2) is 21.3 Å². The van der Waals surface area contributed by atoms with E-state index < -0.39 is 15.0 Å². The fraction of sp³-hybridized carbons (Fsp3) is 0.333. The third-order valence-corrected chi connectivity index (χ3v) is 3.98. The predicted octanol–water partition coefficient (Wildman–Crippen LogP) is 1.67. The van der Waals surface area contributed by atoms with Crippen LogP contribution in [0.3, 0.4) is 0 Å². The van der Waals surface area contributed by atoms with Crippen LogP contribution < -0.4 is 9.47 Å². The molecule has 6 heteroatoms. The van der Waals surface area contributed by atoms with Crippen LogP contribution in [0.5, 0.6) is 11.5 Å². The molecule has 0 amide bonds. The van der Waals surface area contributed by atoms with Crippen molar-refractivity contribution in [3.8, 4) is 11.5 Å². The zero-order valence-electron chi connectivity index (χ0n) is 8.36. The highest BCUT2D eigenvalue weighted by atomic mass is 35.5. The number of hydrogen-bond acceptors (Lipinski definition) is 4. The van der Waals surface area contributed by atoms with Gasteiger partial charge in [0.05, 0.1) is 19.1 Å². The molecule has 15 heavy (non-hydrogen) atoms. The maximum absolute atomic E-state index is 11.4. The minimum atomic E-state index is -3.43. The molecule has 1 aromatic rings. The Bertz CT molecular complexity index is 441. The summed E-state index contributed by atoms with van der Waals surface area (Å²) in [6.07, 6.45) is 0. The molecule has 0 fully saturated rings. The second kappa shape index (κ2) is 4.72. The highest BCUT2D eigenvalue weighted by Crippen LogP contribution is 2.29. The van der Waals surface area contributed by atoms with E-state index >= 15 is 0 Å². The van der Waals surface area contributed by atoms with Gasteiger partial charge in [0, 0.05) is 6.07 Å². The summed E-state index contributed by atoms with van der Waals surface area (Å²) < 4.78 is 32.8. The van der Waals surface area contributed by atoms with E-state index in [1.807, 2.05) is 0 Å². The molecule has 0 saturated carbocycles. The molecule has 0 heterocycles. The molecule has 1 rings (SSSR count). The Morgan fingerprint density at radius 2 is 1.80 bits per heavy atom. The Balaban J connectivity index is 3.26. The summed E-state index contributed by atoms with van der Waals surface area (Å²) in [5, 5.41) is -0.456. The quantitative estimate of drug-likeness (QED) is 0.763. The number of methoxy groups -OCH3 is 2. The summed E-state index contributed by atoms with van der Waals surface area (Å²) in [5.74, 6) is 0.842. The Morgan fingerprint density at radius 1 is 1.20 bits per heavy atom. The highest BCUT2D eigenvalue weighted by Gasteiger charge is 2.15. The molecule has 0 saturated heterocycles. The number of halogens is 1. The van der Waals surface area contributed by atoms with Crippen LogP contribution in [-0.4, -0.2) is 27.8 Å².